The number of hydrogen-bond donors (Lipinski definition) is 1. The first-order chi connectivity index (χ1) is 7.24. The summed E-state index contributed by atoms with van der Waals surface area (Å²) in [5.74, 6) is 2.83. The molecule has 1 N–H and O–H groups in total. The zero-order valence-corrected chi connectivity index (χ0v) is 10.1. The molecule has 2 nitrogen and oxygen atoms in total. The lowest BCUT2D eigenvalue weighted by Gasteiger charge is -2.43. The Morgan fingerprint density at radius 3 is 2.87 bits per heavy atom. The van der Waals surface area contributed by atoms with E-state index in [0.29, 0.717) is 0 Å². The van der Waals surface area contributed by atoms with Gasteiger partial charge in [0.1, 0.15) is 0 Å². The number of piperidine rings is 2. The molecule has 3 aliphatic heterocycles. The van der Waals surface area contributed by atoms with Gasteiger partial charge >= 0.3 is 0 Å². The van der Waals surface area contributed by atoms with Crippen LogP contribution in [0.25, 0.3) is 0 Å². The molecule has 1 saturated carbocycles. The van der Waals surface area contributed by atoms with E-state index in [1.54, 1.807) is 0 Å². The van der Waals surface area contributed by atoms with Crippen LogP contribution < -0.4 is 5.32 Å². The van der Waals surface area contributed by atoms with Crippen LogP contribution in [0.2, 0.25) is 0 Å². The Labute approximate surface area is 93.4 Å². The fourth-order valence-corrected chi connectivity index (χ4v) is 3.93. The molecule has 86 valence electrons. The van der Waals surface area contributed by atoms with Crippen LogP contribution in [0.5, 0.6) is 0 Å². The van der Waals surface area contributed by atoms with Crippen LogP contribution in [0.3, 0.4) is 0 Å². The van der Waals surface area contributed by atoms with Gasteiger partial charge in [0, 0.05) is 18.6 Å². The average Bonchev–Trinajstić information content (AvgIpc) is 2.48. The van der Waals surface area contributed by atoms with E-state index in [9.17, 15) is 0 Å². The quantitative estimate of drug-likeness (QED) is 0.759. The second-order valence-corrected chi connectivity index (χ2v) is 6.28. The van der Waals surface area contributed by atoms with E-state index in [4.69, 9.17) is 0 Å². The van der Waals surface area contributed by atoms with E-state index in [-0.39, 0.29) is 0 Å². The molecule has 1 aliphatic carbocycles. The number of fused-ring (bicyclic) bond motifs is 1. The third-order valence-corrected chi connectivity index (χ3v) is 4.71. The molecule has 3 saturated heterocycles. The molecule has 0 radical (unpaired) electrons. The minimum absolute atomic E-state index is 0.849. The number of likely N-dealkylation sites (tertiary alicyclic amines) is 1. The molecule has 15 heavy (non-hydrogen) atoms. The SMILES string of the molecule is CC(C)CCN1CC2CC3CNC2C1C3. The topological polar surface area (TPSA) is 15.3 Å². The smallest absolute Gasteiger partial charge is 0.0264 e. The lowest BCUT2D eigenvalue weighted by Crippen LogP contribution is -2.56. The molecule has 4 bridgehead atoms. The van der Waals surface area contributed by atoms with Gasteiger partial charge in [-0.05, 0) is 50.1 Å². The van der Waals surface area contributed by atoms with Crippen molar-refractivity contribution in [2.75, 3.05) is 19.6 Å². The number of nitrogens with zero attached hydrogens (tertiary/aromatic N) is 1. The highest BCUT2D eigenvalue weighted by atomic mass is 15.2. The summed E-state index contributed by atoms with van der Waals surface area (Å²) in [5.41, 5.74) is 0. The van der Waals surface area contributed by atoms with E-state index in [1.165, 1.54) is 38.9 Å². The van der Waals surface area contributed by atoms with Gasteiger partial charge in [-0.2, -0.15) is 0 Å². The maximum absolute atomic E-state index is 3.76. The fourth-order valence-electron chi connectivity index (χ4n) is 3.93. The van der Waals surface area contributed by atoms with Gasteiger partial charge in [-0.25, -0.2) is 0 Å². The molecule has 4 rings (SSSR count). The summed E-state index contributed by atoms with van der Waals surface area (Å²) >= 11 is 0. The monoisotopic (exact) mass is 208 g/mol. The van der Waals surface area contributed by atoms with Gasteiger partial charge in [-0.3, -0.25) is 4.90 Å². The van der Waals surface area contributed by atoms with Crippen molar-refractivity contribution in [1.29, 1.82) is 0 Å². The highest BCUT2D eigenvalue weighted by molar-refractivity contribution is 5.06. The third kappa shape index (κ3) is 1.72. The second-order valence-electron chi connectivity index (χ2n) is 6.28. The molecule has 0 amide bonds. The zero-order valence-electron chi connectivity index (χ0n) is 10.1. The lowest BCUT2D eigenvalue weighted by atomic mass is 9.74. The average molecular weight is 208 g/mol. The van der Waals surface area contributed by atoms with Gasteiger partial charge in [0.25, 0.3) is 0 Å². The number of nitrogens with one attached hydrogen (secondary N) is 1. The summed E-state index contributed by atoms with van der Waals surface area (Å²) in [6, 6.07) is 1.74. The molecule has 0 aromatic carbocycles. The standard InChI is InChI=1S/C13H24N2/c1-9(2)3-4-15-8-11-5-10-6-12(15)13(11)14-7-10/h9-14H,3-8H2,1-2H3. The molecule has 3 heterocycles. The lowest BCUT2D eigenvalue weighted by molar-refractivity contribution is 0.125. The Kier molecular flexibility index (Phi) is 2.52. The van der Waals surface area contributed by atoms with E-state index in [1.807, 2.05) is 0 Å². The first-order valence-corrected chi connectivity index (χ1v) is 6.71. The molecule has 2 heteroatoms. The molecule has 0 aromatic heterocycles. The number of hydrogen-bond acceptors (Lipinski definition) is 2. The Morgan fingerprint density at radius 1 is 1.33 bits per heavy atom. The van der Waals surface area contributed by atoms with E-state index >= 15 is 0 Å². The van der Waals surface area contributed by atoms with E-state index in [2.05, 4.69) is 24.1 Å². The normalized spacial score (nSPS) is 44.2. The van der Waals surface area contributed by atoms with Crippen molar-refractivity contribution >= 4 is 0 Å². The van der Waals surface area contributed by atoms with Crippen LogP contribution in [0.1, 0.15) is 33.1 Å². The highest BCUT2D eigenvalue weighted by Crippen LogP contribution is 2.42. The highest BCUT2D eigenvalue weighted by Gasteiger charge is 2.49. The van der Waals surface area contributed by atoms with Crippen molar-refractivity contribution in [1.82, 2.24) is 10.2 Å². The van der Waals surface area contributed by atoms with E-state index < -0.39 is 0 Å². The van der Waals surface area contributed by atoms with Crippen molar-refractivity contribution in [3.05, 3.63) is 0 Å². The summed E-state index contributed by atoms with van der Waals surface area (Å²) in [6.45, 7) is 8.70. The Bertz CT molecular complexity index is 239. The van der Waals surface area contributed by atoms with E-state index in [0.717, 1.165) is 29.8 Å². The van der Waals surface area contributed by atoms with Gasteiger partial charge in [0.05, 0.1) is 0 Å². The van der Waals surface area contributed by atoms with Crippen LogP contribution in [0.15, 0.2) is 0 Å². The maximum atomic E-state index is 3.76. The van der Waals surface area contributed by atoms with Gasteiger partial charge < -0.3 is 5.32 Å². The zero-order chi connectivity index (χ0) is 10.4. The van der Waals surface area contributed by atoms with Crippen molar-refractivity contribution in [2.45, 2.75) is 45.2 Å². The Morgan fingerprint density at radius 2 is 2.20 bits per heavy atom. The second kappa shape index (κ2) is 3.74. The van der Waals surface area contributed by atoms with Crippen molar-refractivity contribution in [3.63, 3.8) is 0 Å². The molecular weight excluding hydrogens is 184 g/mol. The van der Waals surface area contributed by atoms with Crippen LogP contribution in [-0.4, -0.2) is 36.6 Å². The molecular formula is C13H24N2. The maximum Gasteiger partial charge on any atom is 0.0264 e. The largest absolute Gasteiger partial charge is 0.312 e. The van der Waals surface area contributed by atoms with Crippen molar-refractivity contribution < 1.29 is 0 Å². The molecule has 4 atom stereocenters. The first-order valence-electron chi connectivity index (χ1n) is 6.71. The minimum atomic E-state index is 0.849. The van der Waals surface area contributed by atoms with Gasteiger partial charge in [0.15, 0.2) is 0 Å². The molecule has 0 aromatic rings. The van der Waals surface area contributed by atoms with Gasteiger partial charge in [-0.15, -0.1) is 0 Å². The van der Waals surface area contributed by atoms with Gasteiger partial charge in [0.2, 0.25) is 0 Å². The molecule has 0 spiro atoms. The van der Waals surface area contributed by atoms with Crippen LogP contribution in [-0.2, 0) is 0 Å². The van der Waals surface area contributed by atoms with Crippen molar-refractivity contribution in [2.24, 2.45) is 17.8 Å². The summed E-state index contributed by atoms with van der Waals surface area (Å²) < 4.78 is 0. The van der Waals surface area contributed by atoms with Crippen LogP contribution in [0, 0.1) is 17.8 Å². The first kappa shape index (κ1) is 10.1. The molecule has 4 aliphatic rings. The van der Waals surface area contributed by atoms with Gasteiger partial charge in [-0.1, -0.05) is 13.8 Å². The predicted molar refractivity (Wildman–Crippen MR) is 62.8 cm³/mol. The fraction of sp³-hybridized carbons (Fsp3) is 1.00. The molecule has 4 fully saturated rings. The Balaban J connectivity index is 1.63. The molecule has 4 unspecified atom stereocenters. The number of rotatable bonds is 3. The summed E-state index contributed by atoms with van der Waals surface area (Å²) in [4.78, 5) is 2.78. The van der Waals surface area contributed by atoms with Crippen LogP contribution >= 0.6 is 0 Å². The summed E-state index contributed by atoms with van der Waals surface area (Å²) in [7, 11) is 0. The summed E-state index contributed by atoms with van der Waals surface area (Å²) in [5, 5.41) is 3.76. The summed E-state index contributed by atoms with van der Waals surface area (Å²) in [6.07, 6.45) is 4.36. The van der Waals surface area contributed by atoms with Crippen LogP contribution in [0.4, 0.5) is 0 Å². The Hall–Kier alpha value is -0.0800. The predicted octanol–water partition coefficient (Wildman–Crippen LogP) is 1.71. The third-order valence-electron chi connectivity index (χ3n) is 4.71. The van der Waals surface area contributed by atoms with Crippen molar-refractivity contribution in [3.8, 4) is 0 Å². The minimum Gasteiger partial charge on any atom is -0.312 e.